The van der Waals surface area contributed by atoms with Gasteiger partial charge in [-0.2, -0.15) is 0 Å². The van der Waals surface area contributed by atoms with Crippen LogP contribution in [0.1, 0.15) is 69.8 Å². The van der Waals surface area contributed by atoms with Gasteiger partial charge in [0.05, 0.1) is 12.2 Å². The molecular formula is C20H31NO2. The van der Waals surface area contributed by atoms with Crippen LogP contribution in [0.5, 0.6) is 11.5 Å². The zero-order valence-electron chi connectivity index (χ0n) is 14.3. The standard InChI is InChI=1S/C20H31NO2/c21-14-13-16-11-12-19(22-17-7-3-1-4-8-17)20(15-16)23-18-9-5-2-6-10-18/h11-12,15,17-18H,1-10,13-14,21H2. The maximum Gasteiger partial charge on any atom is 0.161 e. The van der Waals surface area contributed by atoms with E-state index in [9.17, 15) is 0 Å². The van der Waals surface area contributed by atoms with Crippen LogP contribution in [0.15, 0.2) is 18.2 Å². The van der Waals surface area contributed by atoms with Crippen LogP contribution < -0.4 is 15.2 Å². The number of nitrogens with two attached hydrogens (primary N) is 1. The summed E-state index contributed by atoms with van der Waals surface area (Å²) in [6.07, 6.45) is 14.1. The van der Waals surface area contributed by atoms with Gasteiger partial charge in [0.1, 0.15) is 0 Å². The Morgan fingerprint density at radius 2 is 1.35 bits per heavy atom. The molecule has 128 valence electrons. The molecule has 23 heavy (non-hydrogen) atoms. The quantitative estimate of drug-likeness (QED) is 0.833. The molecular weight excluding hydrogens is 286 g/mol. The molecule has 0 unspecified atom stereocenters. The summed E-state index contributed by atoms with van der Waals surface area (Å²) < 4.78 is 12.7. The van der Waals surface area contributed by atoms with Crippen LogP contribution in [0.25, 0.3) is 0 Å². The maximum absolute atomic E-state index is 6.35. The van der Waals surface area contributed by atoms with Gasteiger partial charge in [-0.1, -0.05) is 18.9 Å². The monoisotopic (exact) mass is 317 g/mol. The van der Waals surface area contributed by atoms with Crippen molar-refractivity contribution in [2.75, 3.05) is 6.54 Å². The summed E-state index contributed by atoms with van der Waals surface area (Å²) in [6.45, 7) is 0.672. The highest BCUT2D eigenvalue weighted by Crippen LogP contribution is 2.34. The molecule has 0 saturated heterocycles. The normalized spacial score (nSPS) is 20.4. The predicted molar refractivity (Wildman–Crippen MR) is 94.2 cm³/mol. The molecule has 2 saturated carbocycles. The fourth-order valence-electron chi connectivity index (χ4n) is 3.79. The average molecular weight is 317 g/mol. The van der Waals surface area contributed by atoms with E-state index in [1.165, 1.54) is 69.8 Å². The summed E-state index contributed by atoms with van der Waals surface area (Å²) >= 11 is 0. The van der Waals surface area contributed by atoms with Gasteiger partial charge in [-0.3, -0.25) is 0 Å². The van der Waals surface area contributed by atoms with E-state index in [0.29, 0.717) is 18.8 Å². The molecule has 1 aromatic rings. The molecule has 0 bridgehead atoms. The van der Waals surface area contributed by atoms with Crippen LogP contribution >= 0.6 is 0 Å². The Labute approximate surface area is 140 Å². The summed E-state index contributed by atoms with van der Waals surface area (Å²) in [6, 6.07) is 6.39. The highest BCUT2D eigenvalue weighted by atomic mass is 16.5. The molecule has 3 nitrogen and oxygen atoms in total. The lowest BCUT2D eigenvalue weighted by Crippen LogP contribution is -2.22. The summed E-state index contributed by atoms with van der Waals surface area (Å²) in [5.41, 5.74) is 6.96. The number of benzene rings is 1. The van der Waals surface area contributed by atoms with E-state index in [0.717, 1.165) is 17.9 Å². The highest BCUT2D eigenvalue weighted by Gasteiger charge is 2.20. The van der Waals surface area contributed by atoms with Gasteiger partial charge >= 0.3 is 0 Å². The van der Waals surface area contributed by atoms with Crippen LogP contribution in [0.4, 0.5) is 0 Å². The van der Waals surface area contributed by atoms with E-state index in [-0.39, 0.29) is 0 Å². The molecule has 0 aromatic heterocycles. The van der Waals surface area contributed by atoms with Gasteiger partial charge in [0.15, 0.2) is 11.5 Å². The summed E-state index contributed by atoms with van der Waals surface area (Å²) in [5, 5.41) is 0. The van der Waals surface area contributed by atoms with Crippen LogP contribution in [0.3, 0.4) is 0 Å². The van der Waals surface area contributed by atoms with E-state index in [2.05, 4.69) is 18.2 Å². The van der Waals surface area contributed by atoms with Gasteiger partial charge in [-0.15, -0.1) is 0 Å². The van der Waals surface area contributed by atoms with Gasteiger partial charge in [0.2, 0.25) is 0 Å². The van der Waals surface area contributed by atoms with Crippen molar-refractivity contribution in [3.63, 3.8) is 0 Å². The lowest BCUT2D eigenvalue weighted by Gasteiger charge is -2.27. The van der Waals surface area contributed by atoms with Crippen LogP contribution in [-0.4, -0.2) is 18.8 Å². The Balaban J connectivity index is 1.72. The molecule has 2 aliphatic carbocycles. The zero-order chi connectivity index (χ0) is 15.9. The first-order chi connectivity index (χ1) is 11.3. The molecule has 0 spiro atoms. The molecule has 2 fully saturated rings. The van der Waals surface area contributed by atoms with E-state index in [4.69, 9.17) is 15.2 Å². The molecule has 0 atom stereocenters. The average Bonchev–Trinajstić information content (AvgIpc) is 2.59. The van der Waals surface area contributed by atoms with Crippen molar-refractivity contribution >= 4 is 0 Å². The minimum absolute atomic E-state index is 0.352. The summed E-state index contributed by atoms with van der Waals surface area (Å²) in [7, 11) is 0. The van der Waals surface area contributed by atoms with Crippen molar-refractivity contribution in [2.45, 2.75) is 82.8 Å². The lowest BCUT2D eigenvalue weighted by molar-refractivity contribution is 0.123. The number of rotatable bonds is 6. The Kier molecular flexibility index (Phi) is 6.21. The first kappa shape index (κ1) is 16.6. The minimum atomic E-state index is 0.352. The van der Waals surface area contributed by atoms with Gasteiger partial charge < -0.3 is 15.2 Å². The van der Waals surface area contributed by atoms with Gasteiger partial charge in [-0.05, 0) is 82.0 Å². The first-order valence-electron chi connectivity index (χ1n) is 9.51. The third-order valence-corrected chi connectivity index (χ3v) is 5.13. The molecule has 2 aliphatic rings. The molecule has 3 heteroatoms. The summed E-state index contributed by atoms with van der Waals surface area (Å²) in [5.74, 6) is 1.87. The number of hydrogen-bond acceptors (Lipinski definition) is 3. The molecule has 1 aromatic carbocycles. The topological polar surface area (TPSA) is 44.5 Å². The van der Waals surface area contributed by atoms with Gasteiger partial charge in [0.25, 0.3) is 0 Å². The summed E-state index contributed by atoms with van der Waals surface area (Å²) in [4.78, 5) is 0. The van der Waals surface area contributed by atoms with Crippen LogP contribution in [-0.2, 0) is 6.42 Å². The number of ether oxygens (including phenoxy) is 2. The van der Waals surface area contributed by atoms with Crippen molar-refractivity contribution in [3.05, 3.63) is 23.8 Å². The third kappa shape index (κ3) is 4.87. The molecule has 0 heterocycles. The van der Waals surface area contributed by atoms with Crippen LogP contribution in [0, 0.1) is 0 Å². The van der Waals surface area contributed by atoms with Gasteiger partial charge in [0, 0.05) is 0 Å². The fourth-order valence-corrected chi connectivity index (χ4v) is 3.79. The van der Waals surface area contributed by atoms with Crippen molar-refractivity contribution < 1.29 is 9.47 Å². The molecule has 0 radical (unpaired) electrons. The van der Waals surface area contributed by atoms with E-state index in [1.807, 2.05) is 0 Å². The molecule has 3 rings (SSSR count). The lowest BCUT2D eigenvalue weighted by atomic mass is 9.97. The molecule has 2 N–H and O–H groups in total. The Morgan fingerprint density at radius 1 is 0.783 bits per heavy atom. The second-order valence-electron chi connectivity index (χ2n) is 7.08. The van der Waals surface area contributed by atoms with E-state index in [1.54, 1.807) is 0 Å². The van der Waals surface area contributed by atoms with Crippen molar-refractivity contribution in [1.82, 2.24) is 0 Å². The van der Waals surface area contributed by atoms with Crippen molar-refractivity contribution in [2.24, 2.45) is 5.73 Å². The Hall–Kier alpha value is -1.22. The highest BCUT2D eigenvalue weighted by molar-refractivity contribution is 5.43. The minimum Gasteiger partial charge on any atom is -0.487 e. The predicted octanol–water partition coefficient (Wildman–Crippen LogP) is 4.61. The number of hydrogen-bond donors (Lipinski definition) is 1. The van der Waals surface area contributed by atoms with Crippen molar-refractivity contribution in [3.8, 4) is 11.5 Å². The SMILES string of the molecule is NCCc1ccc(OC2CCCCC2)c(OC2CCCCC2)c1. The largest absolute Gasteiger partial charge is 0.487 e. The van der Waals surface area contributed by atoms with E-state index >= 15 is 0 Å². The Morgan fingerprint density at radius 3 is 1.91 bits per heavy atom. The van der Waals surface area contributed by atoms with E-state index < -0.39 is 0 Å². The second kappa shape index (κ2) is 8.58. The molecule has 0 aliphatic heterocycles. The van der Waals surface area contributed by atoms with Gasteiger partial charge in [-0.25, -0.2) is 0 Å². The zero-order valence-corrected chi connectivity index (χ0v) is 14.3. The smallest absolute Gasteiger partial charge is 0.161 e. The fraction of sp³-hybridized carbons (Fsp3) is 0.700. The van der Waals surface area contributed by atoms with Crippen molar-refractivity contribution in [1.29, 1.82) is 0 Å². The maximum atomic E-state index is 6.35. The second-order valence-corrected chi connectivity index (χ2v) is 7.08. The Bertz CT molecular complexity index is 477. The third-order valence-electron chi connectivity index (χ3n) is 5.13. The molecule has 0 amide bonds. The first-order valence-corrected chi connectivity index (χ1v) is 9.51. The van der Waals surface area contributed by atoms with Crippen LogP contribution in [0.2, 0.25) is 0 Å².